The lowest BCUT2D eigenvalue weighted by Gasteiger charge is -2.08. The van der Waals surface area contributed by atoms with Gasteiger partial charge in [-0.05, 0) is 35.9 Å². The maximum Gasteiger partial charge on any atom is 0.178 e. The molecule has 34 heavy (non-hydrogen) atoms. The zero-order valence-electron chi connectivity index (χ0n) is 17.9. The van der Waals surface area contributed by atoms with E-state index >= 15 is 4.39 Å². The summed E-state index contributed by atoms with van der Waals surface area (Å²) in [7, 11) is 1.83. The van der Waals surface area contributed by atoms with Crippen LogP contribution in [-0.4, -0.2) is 29.9 Å². The summed E-state index contributed by atoms with van der Waals surface area (Å²) in [6.07, 6.45) is 5.21. The standard InChI is InChI=1S/C24H17F2N7O/c1-33-12-15(11-29-33)22-30-21-17(6-7-27-24(21)31-22)13-2-3-14(19(26)8-13)10-28-23-18-9-16(25)4-5-20(18)34-32-23/h2-9,11-12H,10H2,1H3,(H,28,32)(H,27,30,31). The number of benzene rings is 2. The monoisotopic (exact) mass is 457 g/mol. The Morgan fingerprint density at radius 3 is 2.82 bits per heavy atom. The summed E-state index contributed by atoms with van der Waals surface area (Å²) in [5.74, 6) is 0.208. The number of hydrogen-bond donors (Lipinski definition) is 2. The van der Waals surface area contributed by atoms with E-state index in [4.69, 9.17) is 4.52 Å². The van der Waals surface area contributed by atoms with Gasteiger partial charge in [-0.3, -0.25) is 4.68 Å². The number of nitrogens with one attached hydrogen (secondary N) is 2. The molecule has 0 saturated carbocycles. The number of aryl methyl sites for hydroxylation is 1. The average molecular weight is 457 g/mol. The molecule has 6 rings (SSSR count). The number of halogens is 2. The molecule has 4 heterocycles. The van der Waals surface area contributed by atoms with Crippen LogP contribution in [0.5, 0.6) is 0 Å². The van der Waals surface area contributed by atoms with Crippen LogP contribution in [-0.2, 0) is 13.6 Å². The number of aromatic nitrogens is 6. The SMILES string of the molecule is Cn1cc(-c2nc3nccc(-c4ccc(CNc5noc6ccc(F)cc56)c(F)c4)c3[nH]2)cn1. The Morgan fingerprint density at radius 2 is 2.00 bits per heavy atom. The van der Waals surface area contributed by atoms with Crippen molar-refractivity contribution in [3.05, 3.63) is 78.3 Å². The van der Waals surface area contributed by atoms with E-state index in [1.807, 2.05) is 25.4 Å². The van der Waals surface area contributed by atoms with Crippen LogP contribution in [0.2, 0.25) is 0 Å². The molecule has 4 aromatic heterocycles. The van der Waals surface area contributed by atoms with E-state index in [-0.39, 0.29) is 12.4 Å². The van der Waals surface area contributed by atoms with Crippen molar-refractivity contribution in [3.63, 3.8) is 0 Å². The molecule has 0 amide bonds. The van der Waals surface area contributed by atoms with Crippen LogP contribution < -0.4 is 5.32 Å². The van der Waals surface area contributed by atoms with Gasteiger partial charge < -0.3 is 14.8 Å². The highest BCUT2D eigenvalue weighted by Gasteiger charge is 2.15. The van der Waals surface area contributed by atoms with E-state index in [0.717, 1.165) is 11.1 Å². The van der Waals surface area contributed by atoms with Gasteiger partial charge in [-0.25, -0.2) is 18.7 Å². The van der Waals surface area contributed by atoms with Crippen molar-refractivity contribution in [2.45, 2.75) is 6.54 Å². The van der Waals surface area contributed by atoms with Gasteiger partial charge in [-0.2, -0.15) is 5.10 Å². The van der Waals surface area contributed by atoms with Crippen molar-refractivity contribution >= 4 is 28.0 Å². The number of anilines is 1. The lowest BCUT2D eigenvalue weighted by atomic mass is 10.0. The topological polar surface area (TPSA) is 97.5 Å². The average Bonchev–Trinajstić information content (AvgIpc) is 3.55. The Labute approximate surface area is 191 Å². The van der Waals surface area contributed by atoms with Gasteiger partial charge in [-0.1, -0.05) is 17.3 Å². The molecule has 2 aromatic carbocycles. The largest absolute Gasteiger partial charge is 0.363 e. The van der Waals surface area contributed by atoms with E-state index in [2.05, 4.69) is 30.5 Å². The highest BCUT2D eigenvalue weighted by Crippen LogP contribution is 2.30. The van der Waals surface area contributed by atoms with Gasteiger partial charge in [0, 0.05) is 37.1 Å². The van der Waals surface area contributed by atoms with Crippen molar-refractivity contribution in [2.24, 2.45) is 7.05 Å². The number of pyridine rings is 1. The molecule has 0 aliphatic rings. The highest BCUT2D eigenvalue weighted by atomic mass is 19.1. The quantitative estimate of drug-likeness (QED) is 0.376. The Kier molecular flexibility index (Phi) is 4.58. The molecule has 0 saturated heterocycles. The van der Waals surface area contributed by atoms with E-state index in [1.54, 1.807) is 23.1 Å². The molecule has 0 radical (unpaired) electrons. The lowest BCUT2D eigenvalue weighted by molar-refractivity contribution is 0.459. The number of fused-ring (bicyclic) bond motifs is 2. The Balaban J connectivity index is 1.29. The zero-order valence-corrected chi connectivity index (χ0v) is 17.9. The summed E-state index contributed by atoms with van der Waals surface area (Å²) >= 11 is 0. The molecule has 168 valence electrons. The van der Waals surface area contributed by atoms with Gasteiger partial charge in [0.1, 0.15) is 17.5 Å². The smallest absolute Gasteiger partial charge is 0.178 e. The summed E-state index contributed by atoms with van der Waals surface area (Å²) in [6.45, 7) is 0.158. The fourth-order valence-electron chi connectivity index (χ4n) is 3.91. The van der Waals surface area contributed by atoms with Crippen molar-refractivity contribution in [1.29, 1.82) is 0 Å². The Hall–Kier alpha value is -4.60. The first-order chi connectivity index (χ1) is 16.5. The van der Waals surface area contributed by atoms with Crippen LogP contribution in [0.4, 0.5) is 14.6 Å². The summed E-state index contributed by atoms with van der Waals surface area (Å²) in [5.41, 5.74) is 4.43. The molecule has 0 bridgehead atoms. The molecular weight excluding hydrogens is 440 g/mol. The van der Waals surface area contributed by atoms with E-state index < -0.39 is 5.82 Å². The van der Waals surface area contributed by atoms with Gasteiger partial charge in [0.15, 0.2) is 17.0 Å². The fourth-order valence-corrected chi connectivity index (χ4v) is 3.91. The van der Waals surface area contributed by atoms with Gasteiger partial charge in [0.25, 0.3) is 0 Å². The Bertz CT molecular complexity index is 1670. The molecule has 0 atom stereocenters. The van der Waals surface area contributed by atoms with Crippen molar-refractivity contribution in [1.82, 2.24) is 29.9 Å². The minimum atomic E-state index is -0.400. The van der Waals surface area contributed by atoms with Gasteiger partial charge in [0.05, 0.1) is 22.7 Å². The predicted molar refractivity (Wildman–Crippen MR) is 123 cm³/mol. The summed E-state index contributed by atoms with van der Waals surface area (Å²) in [4.78, 5) is 12.2. The minimum Gasteiger partial charge on any atom is -0.363 e. The van der Waals surface area contributed by atoms with Crippen molar-refractivity contribution in [3.8, 4) is 22.5 Å². The normalized spacial score (nSPS) is 11.5. The number of hydrogen-bond acceptors (Lipinski definition) is 6. The first-order valence-electron chi connectivity index (χ1n) is 10.5. The zero-order chi connectivity index (χ0) is 23.2. The molecule has 6 aromatic rings. The molecule has 2 N–H and O–H groups in total. The van der Waals surface area contributed by atoms with E-state index in [1.165, 1.54) is 24.3 Å². The van der Waals surface area contributed by atoms with Crippen molar-refractivity contribution < 1.29 is 13.3 Å². The molecule has 8 nitrogen and oxygen atoms in total. The molecule has 10 heteroatoms. The number of aromatic amines is 1. The summed E-state index contributed by atoms with van der Waals surface area (Å²) in [6, 6.07) is 10.9. The van der Waals surface area contributed by atoms with E-state index in [9.17, 15) is 4.39 Å². The lowest BCUT2D eigenvalue weighted by Crippen LogP contribution is -2.02. The number of imidazole rings is 1. The number of rotatable bonds is 5. The summed E-state index contributed by atoms with van der Waals surface area (Å²) < 4.78 is 35.5. The number of H-pyrrole nitrogens is 1. The van der Waals surface area contributed by atoms with Gasteiger partial charge in [-0.15, -0.1) is 0 Å². The Morgan fingerprint density at radius 1 is 1.09 bits per heavy atom. The van der Waals surface area contributed by atoms with E-state index in [0.29, 0.717) is 44.9 Å². The molecule has 0 unspecified atom stereocenters. The third kappa shape index (κ3) is 3.45. The highest BCUT2D eigenvalue weighted by molar-refractivity contribution is 5.91. The maximum atomic E-state index is 15.0. The van der Waals surface area contributed by atoms with Crippen LogP contribution in [0.25, 0.3) is 44.6 Å². The molecule has 0 fully saturated rings. The molecule has 0 spiro atoms. The number of nitrogens with zero attached hydrogens (tertiary/aromatic N) is 5. The van der Waals surface area contributed by atoms with Crippen LogP contribution >= 0.6 is 0 Å². The van der Waals surface area contributed by atoms with Crippen LogP contribution in [0, 0.1) is 11.6 Å². The second-order valence-corrected chi connectivity index (χ2v) is 7.88. The predicted octanol–water partition coefficient (Wildman–Crippen LogP) is 5.06. The third-order valence-corrected chi connectivity index (χ3v) is 5.61. The molecular formula is C24H17F2N7O. The van der Waals surface area contributed by atoms with Crippen LogP contribution in [0.15, 0.2) is 65.6 Å². The first kappa shape index (κ1) is 20.0. The third-order valence-electron chi connectivity index (χ3n) is 5.61. The molecule has 0 aliphatic heterocycles. The van der Waals surface area contributed by atoms with Gasteiger partial charge in [0.2, 0.25) is 0 Å². The van der Waals surface area contributed by atoms with Crippen molar-refractivity contribution in [2.75, 3.05) is 5.32 Å². The first-order valence-corrected chi connectivity index (χ1v) is 10.5. The minimum absolute atomic E-state index is 0.158. The molecule has 0 aliphatic carbocycles. The van der Waals surface area contributed by atoms with Crippen LogP contribution in [0.1, 0.15) is 5.56 Å². The fraction of sp³-hybridized carbons (Fsp3) is 0.0833. The second-order valence-electron chi connectivity index (χ2n) is 7.88. The maximum absolute atomic E-state index is 15.0. The van der Waals surface area contributed by atoms with Gasteiger partial charge >= 0.3 is 0 Å². The summed E-state index contributed by atoms with van der Waals surface area (Å²) in [5, 5.41) is 11.6. The second kappa shape index (κ2) is 7.77. The van der Waals surface area contributed by atoms with Crippen LogP contribution in [0.3, 0.4) is 0 Å².